The van der Waals surface area contributed by atoms with E-state index in [2.05, 4.69) is 5.32 Å². The van der Waals surface area contributed by atoms with Crippen molar-refractivity contribution in [2.24, 2.45) is 0 Å². The Morgan fingerprint density at radius 3 is 2.29 bits per heavy atom. The van der Waals surface area contributed by atoms with Gasteiger partial charge in [-0.05, 0) is 17.7 Å². The lowest BCUT2D eigenvalue weighted by Gasteiger charge is -2.16. The zero-order valence-electron chi connectivity index (χ0n) is 13.0. The highest BCUT2D eigenvalue weighted by molar-refractivity contribution is 7.99. The number of benzene rings is 2. The number of carbonyl (C=O) groups excluding carboxylic acids is 2. The Hall–Kier alpha value is -1.98. The van der Waals surface area contributed by atoms with E-state index in [1.54, 1.807) is 0 Å². The first-order valence-corrected chi connectivity index (χ1v) is 8.95. The number of halogens is 1. The molecule has 1 N–H and O–H groups in total. The minimum absolute atomic E-state index is 0.153. The molecule has 0 fully saturated rings. The number of hydrogen-bond donors (Lipinski definition) is 1. The van der Waals surface area contributed by atoms with Crippen molar-refractivity contribution >= 4 is 35.2 Å². The van der Waals surface area contributed by atoms with Crippen LogP contribution in [0.15, 0.2) is 65.6 Å². The maximum absolute atomic E-state index is 11.9. The summed E-state index contributed by atoms with van der Waals surface area (Å²) in [5.41, 5.74) is 0.881. The smallest absolute Gasteiger partial charge is 0.408 e. The van der Waals surface area contributed by atoms with Crippen LogP contribution >= 0.6 is 23.4 Å². The number of nitrogens with one attached hydrogen (secondary N) is 1. The Morgan fingerprint density at radius 2 is 1.67 bits per heavy atom. The first-order valence-electron chi connectivity index (χ1n) is 7.43. The van der Waals surface area contributed by atoms with E-state index < -0.39 is 12.1 Å². The predicted molar refractivity (Wildman–Crippen MR) is 96.4 cm³/mol. The van der Waals surface area contributed by atoms with Crippen LogP contribution in [0, 0.1) is 0 Å². The van der Waals surface area contributed by atoms with Crippen LogP contribution in [0.25, 0.3) is 0 Å². The van der Waals surface area contributed by atoms with E-state index in [4.69, 9.17) is 16.3 Å². The van der Waals surface area contributed by atoms with Crippen LogP contribution in [0.1, 0.15) is 5.56 Å². The molecule has 0 aliphatic rings. The second-order valence-corrected chi connectivity index (χ2v) is 6.34. The minimum Gasteiger partial charge on any atom is -0.445 e. The van der Waals surface area contributed by atoms with Gasteiger partial charge in [0, 0.05) is 10.6 Å². The van der Waals surface area contributed by atoms with Gasteiger partial charge in [0.1, 0.15) is 12.6 Å². The van der Waals surface area contributed by atoms with Crippen LogP contribution in [0.4, 0.5) is 4.79 Å². The number of ketones is 1. The van der Waals surface area contributed by atoms with Crippen molar-refractivity contribution < 1.29 is 14.3 Å². The quantitative estimate of drug-likeness (QED) is 0.571. The molecule has 4 nitrogen and oxygen atoms in total. The van der Waals surface area contributed by atoms with Gasteiger partial charge in [-0.15, -0.1) is 23.4 Å². The normalized spacial score (nSPS) is 11.5. The molecule has 0 saturated carbocycles. The summed E-state index contributed by atoms with van der Waals surface area (Å²) in [7, 11) is 0. The van der Waals surface area contributed by atoms with Gasteiger partial charge in [0.05, 0.1) is 5.88 Å². The van der Waals surface area contributed by atoms with Crippen molar-refractivity contribution in [3.63, 3.8) is 0 Å². The molecule has 0 radical (unpaired) electrons. The molecular weight excluding hydrogens is 346 g/mol. The fourth-order valence-corrected chi connectivity index (χ4v) is 3.08. The molecule has 2 rings (SSSR count). The van der Waals surface area contributed by atoms with Crippen molar-refractivity contribution in [2.75, 3.05) is 11.6 Å². The molecule has 1 unspecified atom stereocenters. The first-order chi connectivity index (χ1) is 11.7. The Kier molecular flexibility index (Phi) is 7.65. The SMILES string of the molecule is O=C(NC(CSc1ccccc1)C(=O)CCl)OCc1ccccc1. The van der Waals surface area contributed by atoms with E-state index in [1.165, 1.54) is 11.8 Å². The summed E-state index contributed by atoms with van der Waals surface area (Å²) >= 11 is 7.11. The number of hydrogen-bond acceptors (Lipinski definition) is 4. The lowest BCUT2D eigenvalue weighted by Crippen LogP contribution is -2.43. The third kappa shape index (κ3) is 6.26. The van der Waals surface area contributed by atoms with Gasteiger partial charge in [-0.1, -0.05) is 48.5 Å². The second-order valence-electron chi connectivity index (χ2n) is 4.98. The number of Topliss-reactive ketones (excluding diaryl/α,β-unsaturated/α-hetero) is 1. The van der Waals surface area contributed by atoms with Crippen molar-refractivity contribution in [1.82, 2.24) is 5.32 Å². The topological polar surface area (TPSA) is 55.4 Å². The number of alkyl carbamates (subject to hydrolysis) is 1. The summed E-state index contributed by atoms with van der Waals surface area (Å²) in [4.78, 5) is 24.9. The lowest BCUT2D eigenvalue weighted by molar-refractivity contribution is -0.118. The molecule has 6 heteroatoms. The lowest BCUT2D eigenvalue weighted by atomic mass is 10.2. The number of ether oxygens (including phenoxy) is 1. The molecule has 0 aliphatic carbocycles. The predicted octanol–water partition coefficient (Wildman–Crippen LogP) is 3.88. The maximum Gasteiger partial charge on any atom is 0.408 e. The fourth-order valence-electron chi connectivity index (χ4n) is 1.91. The molecular formula is C18H18ClNO3S. The van der Waals surface area contributed by atoms with Crippen molar-refractivity contribution in [3.05, 3.63) is 66.2 Å². The number of carbonyl (C=O) groups is 2. The van der Waals surface area contributed by atoms with E-state index in [1.807, 2.05) is 60.7 Å². The van der Waals surface area contributed by atoms with Crippen molar-refractivity contribution in [3.8, 4) is 0 Å². The zero-order valence-corrected chi connectivity index (χ0v) is 14.6. The van der Waals surface area contributed by atoms with Crippen LogP contribution in [0.3, 0.4) is 0 Å². The van der Waals surface area contributed by atoms with Gasteiger partial charge >= 0.3 is 6.09 Å². The fraction of sp³-hybridized carbons (Fsp3) is 0.222. The molecule has 2 aromatic carbocycles. The van der Waals surface area contributed by atoms with Crippen LogP contribution in [0.2, 0.25) is 0 Å². The molecule has 0 heterocycles. The first kappa shape index (κ1) is 18.4. The Balaban J connectivity index is 1.85. The standard InChI is InChI=1S/C18H18ClNO3S/c19-11-17(21)16(13-24-15-9-5-2-6-10-15)20-18(22)23-12-14-7-3-1-4-8-14/h1-10,16H,11-13H2,(H,20,22). The van der Waals surface area contributed by atoms with Crippen molar-refractivity contribution in [2.45, 2.75) is 17.5 Å². The molecule has 0 bridgehead atoms. The highest BCUT2D eigenvalue weighted by atomic mass is 35.5. The minimum atomic E-state index is -0.684. The Bertz CT molecular complexity index is 652. The van der Waals surface area contributed by atoms with Gasteiger partial charge in [-0.2, -0.15) is 0 Å². The monoisotopic (exact) mass is 363 g/mol. The zero-order chi connectivity index (χ0) is 17.2. The number of rotatable bonds is 8. The molecule has 126 valence electrons. The van der Waals surface area contributed by atoms with Gasteiger partial charge in [0.25, 0.3) is 0 Å². The summed E-state index contributed by atoms with van der Waals surface area (Å²) in [6.07, 6.45) is -0.629. The summed E-state index contributed by atoms with van der Waals surface area (Å²) < 4.78 is 5.15. The summed E-state index contributed by atoms with van der Waals surface area (Å²) in [6.45, 7) is 0.153. The molecule has 24 heavy (non-hydrogen) atoms. The highest BCUT2D eigenvalue weighted by Crippen LogP contribution is 2.18. The molecule has 1 atom stereocenters. The Morgan fingerprint density at radius 1 is 1.04 bits per heavy atom. The van der Waals surface area contributed by atoms with E-state index in [9.17, 15) is 9.59 Å². The maximum atomic E-state index is 11.9. The third-order valence-corrected chi connectivity index (χ3v) is 4.55. The Labute approximate surface area is 150 Å². The van der Waals surface area contributed by atoms with E-state index in [0.717, 1.165) is 10.5 Å². The molecule has 0 aliphatic heterocycles. The molecule has 0 aromatic heterocycles. The molecule has 0 spiro atoms. The average Bonchev–Trinajstić information content (AvgIpc) is 2.64. The number of thioether (sulfide) groups is 1. The van der Waals surface area contributed by atoms with Gasteiger partial charge < -0.3 is 10.1 Å². The second kappa shape index (κ2) is 10.0. The highest BCUT2D eigenvalue weighted by Gasteiger charge is 2.21. The van der Waals surface area contributed by atoms with Crippen LogP contribution < -0.4 is 5.32 Å². The molecule has 2 aromatic rings. The third-order valence-electron chi connectivity index (χ3n) is 3.19. The molecule has 1 amide bonds. The van der Waals surface area contributed by atoms with Crippen LogP contribution in [-0.4, -0.2) is 29.6 Å². The summed E-state index contributed by atoms with van der Waals surface area (Å²) in [5, 5.41) is 2.59. The number of alkyl halides is 1. The largest absolute Gasteiger partial charge is 0.445 e. The van der Waals surface area contributed by atoms with Gasteiger partial charge in [0.15, 0.2) is 5.78 Å². The van der Waals surface area contributed by atoms with Gasteiger partial charge in [-0.3, -0.25) is 4.79 Å². The van der Waals surface area contributed by atoms with Crippen LogP contribution in [0.5, 0.6) is 0 Å². The molecule has 0 saturated heterocycles. The van der Waals surface area contributed by atoms with E-state index in [0.29, 0.717) is 5.75 Å². The summed E-state index contributed by atoms with van der Waals surface area (Å²) in [5.74, 6) is 0.00591. The summed E-state index contributed by atoms with van der Waals surface area (Å²) in [6, 6.07) is 18.3. The van der Waals surface area contributed by atoms with Crippen LogP contribution in [-0.2, 0) is 16.1 Å². The average molecular weight is 364 g/mol. The van der Waals surface area contributed by atoms with Crippen molar-refractivity contribution in [1.29, 1.82) is 0 Å². The van der Waals surface area contributed by atoms with Gasteiger partial charge in [0.2, 0.25) is 0 Å². The van der Waals surface area contributed by atoms with E-state index in [-0.39, 0.29) is 18.3 Å². The number of amides is 1. The van der Waals surface area contributed by atoms with Gasteiger partial charge in [-0.25, -0.2) is 4.79 Å². The van der Waals surface area contributed by atoms with E-state index >= 15 is 0 Å².